The van der Waals surface area contributed by atoms with Crippen LogP contribution in [-0.4, -0.2) is 36.2 Å². The van der Waals surface area contributed by atoms with Crippen LogP contribution in [0.25, 0.3) is 0 Å². The molecule has 0 radical (unpaired) electrons. The maximum atomic E-state index is 13.2. The zero-order valence-electron chi connectivity index (χ0n) is 30.3. The highest BCUT2D eigenvalue weighted by Gasteiger charge is 2.41. The van der Waals surface area contributed by atoms with Gasteiger partial charge in [-0.1, -0.05) is 107 Å². The summed E-state index contributed by atoms with van der Waals surface area (Å²) in [6.45, 7) is 26.9. The molecule has 2 aliphatic rings. The number of carbonyl (C=O) groups is 4. The van der Waals surface area contributed by atoms with E-state index in [1.807, 2.05) is 72.8 Å². The number of hydrogen-bond donors (Lipinski definition) is 0. The Kier molecular flexibility index (Phi) is 12.6. The Hall–Kier alpha value is -2.76. The number of Topliss-reactive ketones (excluding diaryl/α,β-unsaturated/α-hetero) is 2. The minimum absolute atomic E-state index is 0.00910. The first kappa shape index (κ1) is 38.4. The molecule has 0 bridgehead atoms. The van der Waals surface area contributed by atoms with Gasteiger partial charge in [0, 0.05) is 24.0 Å². The van der Waals surface area contributed by atoms with Gasteiger partial charge in [0.1, 0.15) is 0 Å². The average molecular weight is 625 g/mol. The largest absolute Gasteiger partial charge is 0.463 e. The van der Waals surface area contributed by atoms with Crippen LogP contribution >= 0.6 is 0 Å². The third-order valence-corrected chi connectivity index (χ3v) is 8.92. The highest BCUT2D eigenvalue weighted by molar-refractivity contribution is 6.00. The fourth-order valence-corrected chi connectivity index (χ4v) is 6.16. The molecule has 0 fully saturated rings. The monoisotopic (exact) mass is 624 g/mol. The van der Waals surface area contributed by atoms with Crippen molar-refractivity contribution >= 4 is 23.5 Å². The van der Waals surface area contributed by atoms with Crippen LogP contribution < -0.4 is 0 Å². The number of ether oxygens (including phenoxy) is 2. The van der Waals surface area contributed by atoms with Crippen LogP contribution in [0.1, 0.15) is 116 Å². The fraction of sp³-hybridized carbons (Fsp3) is 0.692. The normalized spacial score (nSPS) is 24.5. The fourth-order valence-electron chi connectivity index (χ4n) is 6.16. The lowest BCUT2D eigenvalue weighted by Crippen LogP contribution is -2.37. The lowest BCUT2D eigenvalue weighted by Gasteiger charge is -2.38. The Balaban J connectivity index is 1.87. The van der Waals surface area contributed by atoms with Gasteiger partial charge in [0.25, 0.3) is 0 Å². The van der Waals surface area contributed by atoms with E-state index in [0.29, 0.717) is 25.7 Å². The van der Waals surface area contributed by atoms with Gasteiger partial charge in [-0.3, -0.25) is 9.59 Å². The van der Waals surface area contributed by atoms with Gasteiger partial charge < -0.3 is 9.47 Å². The maximum absolute atomic E-state index is 13.2. The van der Waals surface area contributed by atoms with Gasteiger partial charge in [0.2, 0.25) is 0 Å². The van der Waals surface area contributed by atoms with Gasteiger partial charge in [0.15, 0.2) is 11.6 Å². The van der Waals surface area contributed by atoms with E-state index in [1.165, 1.54) is 12.2 Å². The molecular weight excluding hydrogens is 564 g/mol. The Labute approximate surface area is 273 Å². The lowest BCUT2D eigenvalue weighted by atomic mass is 9.65. The predicted molar refractivity (Wildman–Crippen MR) is 181 cm³/mol. The van der Waals surface area contributed by atoms with Crippen molar-refractivity contribution in [1.29, 1.82) is 0 Å². The second-order valence-electron chi connectivity index (χ2n) is 17.3. The van der Waals surface area contributed by atoms with Gasteiger partial charge in [-0.25, -0.2) is 9.59 Å². The van der Waals surface area contributed by atoms with Crippen molar-refractivity contribution in [3.8, 4) is 0 Å². The number of ketones is 2. The molecule has 0 aliphatic heterocycles. The van der Waals surface area contributed by atoms with Gasteiger partial charge in [-0.15, -0.1) is 0 Å². The third kappa shape index (κ3) is 11.5. The van der Waals surface area contributed by atoms with Crippen molar-refractivity contribution in [3.63, 3.8) is 0 Å². The van der Waals surface area contributed by atoms with E-state index in [4.69, 9.17) is 9.47 Å². The van der Waals surface area contributed by atoms with Crippen LogP contribution in [0, 0.1) is 45.3 Å². The first-order valence-electron chi connectivity index (χ1n) is 16.7. The molecule has 0 aromatic heterocycles. The van der Waals surface area contributed by atoms with Gasteiger partial charge in [-0.05, 0) is 77.2 Å². The van der Waals surface area contributed by atoms with E-state index in [1.54, 1.807) is 0 Å². The molecule has 0 aromatic rings. The summed E-state index contributed by atoms with van der Waals surface area (Å²) in [5, 5.41) is 0. The van der Waals surface area contributed by atoms with Gasteiger partial charge in [-0.2, -0.15) is 0 Å². The number of carbonyl (C=O) groups excluding carboxylic acids is 4. The molecular formula is C39H60O6. The summed E-state index contributed by atoms with van der Waals surface area (Å²) >= 11 is 0. The Morgan fingerprint density at radius 1 is 0.733 bits per heavy atom. The van der Waals surface area contributed by atoms with Crippen molar-refractivity contribution in [2.24, 2.45) is 45.3 Å². The van der Waals surface area contributed by atoms with Crippen LogP contribution in [0.2, 0.25) is 0 Å². The number of esters is 2. The van der Waals surface area contributed by atoms with E-state index in [2.05, 4.69) is 41.5 Å². The topological polar surface area (TPSA) is 86.7 Å². The number of rotatable bonds is 9. The second kappa shape index (κ2) is 14.8. The Bertz CT molecular complexity index is 1220. The smallest absolute Gasteiger partial charge is 0.330 e. The van der Waals surface area contributed by atoms with Crippen LogP contribution in [0.3, 0.4) is 0 Å². The molecule has 2 rings (SSSR count). The molecule has 5 atom stereocenters. The Morgan fingerprint density at radius 3 is 1.51 bits per heavy atom. The summed E-state index contributed by atoms with van der Waals surface area (Å²) < 4.78 is 11.0. The van der Waals surface area contributed by atoms with Crippen molar-refractivity contribution in [1.82, 2.24) is 0 Å². The van der Waals surface area contributed by atoms with Crippen LogP contribution in [0.15, 0.2) is 47.6 Å². The van der Waals surface area contributed by atoms with Crippen molar-refractivity contribution < 1.29 is 28.7 Å². The molecule has 6 nitrogen and oxygen atoms in total. The lowest BCUT2D eigenvalue weighted by molar-refractivity contribution is -0.143. The first-order chi connectivity index (χ1) is 20.4. The SMILES string of the molecule is CC(CCCOC(=O)C=CC1C=C(C(C)(C)C)C(=O)C(C(C)(C)C)C1)OC(=O)C=CC1C=C(C(C)(C)C)C(=O)C(C(C)(C)C)C1. The minimum Gasteiger partial charge on any atom is -0.463 e. The van der Waals surface area contributed by atoms with E-state index in [9.17, 15) is 19.2 Å². The molecule has 6 heteroatoms. The summed E-state index contributed by atoms with van der Waals surface area (Å²) in [6, 6.07) is 0. The van der Waals surface area contributed by atoms with Crippen molar-refractivity contribution in [2.45, 2.75) is 122 Å². The standard InChI is InChI=1S/C39H60O6/c1-25(45-33(41)19-17-27-23-30(38(8,9)10)35(43)31(24-27)39(11,12)13)15-14-20-44-32(40)18-16-26-21-28(36(2,3)4)34(42)29(22-26)37(5,6)7/h16-19,21,23,25-27,29,31H,14-15,20,22,24H2,1-13H3. The minimum atomic E-state index is -0.417. The highest BCUT2D eigenvalue weighted by atomic mass is 16.5. The quantitative estimate of drug-likeness (QED) is 0.145. The molecule has 0 saturated heterocycles. The summed E-state index contributed by atoms with van der Waals surface area (Å²) in [6.07, 6.45) is 12.8. The zero-order valence-corrected chi connectivity index (χ0v) is 30.3. The van der Waals surface area contributed by atoms with E-state index in [-0.39, 0.29) is 69.6 Å². The molecule has 0 spiro atoms. The number of allylic oxidation sites excluding steroid dienone is 6. The van der Waals surface area contributed by atoms with Gasteiger partial charge in [0.05, 0.1) is 12.7 Å². The molecule has 0 amide bonds. The zero-order chi connectivity index (χ0) is 34.5. The molecule has 45 heavy (non-hydrogen) atoms. The summed E-state index contributed by atoms with van der Waals surface area (Å²) in [5.41, 5.74) is 0.790. The maximum Gasteiger partial charge on any atom is 0.330 e. The summed E-state index contributed by atoms with van der Waals surface area (Å²) in [7, 11) is 0. The Morgan fingerprint density at radius 2 is 1.13 bits per heavy atom. The summed E-state index contributed by atoms with van der Waals surface area (Å²) in [4.78, 5) is 51.4. The van der Waals surface area contributed by atoms with Crippen molar-refractivity contribution in [3.05, 3.63) is 47.6 Å². The van der Waals surface area contributed by atoms with Gasteiger partial charge >= 0.3 is 11.9 Å². The van der Waals surface area contributed by atoms with Crippen LogP contribution in [0.4, 0.5) is 0 Å². The first-order valence-corrected chi connectivity index (χ1v) is 16.7. The molecule has 0 aromatic carbocycles. The molecule has 5 unspecified atom stereocenters. The molecule has 0 saturated carbocycles. The summed E-state index contributed by atoms with van der Waals surface area (Å²) in [5.74, 6) is -0.656. The van der Waals surface area contributed by atoms with E-state index >= 15 is 0 Å². The number of hydrogen-bond acceptors (Lipinski definition) is 6. The molecule has 2 aliphatic carbocycles. The molecule has 252 valence electrons. The highest BCUT2D eigenvalue weighted by Crippen LogP contribution is 2.44. The van der Waals surface area contributed by atoms with Crippen LogP contribution in [-0.2, 0) is 28.7 Å². The van der Waals surface area contributed by atoms with Crippen molar-refractivity contribution in [2.75, 3.05) is 6.61 Å². The molecule has 0 N–H and O–H groups in total. The second-order valence-corrected chi connectivity index (χ2v) is 17.3. The molecule has 0 heterocycles. The average Bonchev–Trinajstić information content (AvgIpc) is 2.87. The third-order valence-electron chi connectivity index (χ3n) is 8.92. The van der Waals surface area contributed by atoms with Crippen LogP contribution in [0.5, 0.6) is 0 Å². The predicted octanol–water partition coefficient (Wildman–Crippen LogP) is 8.80. The van der Waals surface area contributed by atoms with E-state index in [0.717, 1.165) is 11.1 Å². The van der Waals surface area contributed by atoms with E-state index < -0.39 is 11.9 Å².